The Morgan fingerprint density at radius 2 is 1.94 bits per heavy atom. The Morgan fingerprint density at radius 3 is 2.56 bits per heavy atom. The van der Waals surface area contributed by atoms with Gasteiger partial charge in [0.2, 0.25) is 0 Å². The summed E-state index contributed by atoms with van der Waals surface area (Å²) in [4.78, 5) is 29.2. The average molecular weight is 265 g/mol. The number of halogens is 1. The van der Waals surface area contributed by atoms with E-state index in [4.69, 9.17) is 17.3 Å². The number of rotatable bonds is 3. The SMILES string of the molecule is NC(=O)c1[nH]cnc1NC(=O)c1ccc(Cl)cc1. The molecule has 7 heteroatoms. The fraction of sp³-hybridized carbons (Fsp3) is 0. The van der Waals surface area contributed by atoms with Crippen molar-refractivity contribution in [1.29, 1.82) is 0 Å². The number of benzene rings is 1. The van der Waals surface area contributed by atoms with Gasteiger partial charge in [0.25, 0.3) is 11.8 Å². The molecule has 18 heavy (non-hydrogen) atoms. The molecule has 4 N–H and O–H groups in total. The first kappa shape index (κ1) is 12.1. The van der Waals surface area contributed by atoms with Crippen LogP contribution in [0.2, 0.25) is 5.02 Å². The predicted octanol–water partition coefficient (Wildman–Crippen LogP) is 1.41. The largest absolute Gasteiger partial charge is 0.364 e. The van der Waals surface area contributed by atoms with Crippen LogP contribution in [0.15, 0.2) is 30.6 Å². The van der Waals surface area contributed by atoms with Crippen LogP contribution in [-0.2, 0) is 0 Å². The van der Waals surface area contributed by atoms with Gasteiger partial charge in [0.1, 0.15) is 5.69 Å². The molecule has 6 nitrogen and oxygen atoms in total. The van der Waals surface area contributed by atoms with Crippen molar-refractivity contribution in [2.24, 2.45) is 5.73 Å². The summed E-state index contributed by atoms with van der Waals surface area (Å²) in [7, 11) is 0. The Bertz CT molecular complexity index is 591. The van der Waals surface area contributed by atoms with Crippen molar-refractivity contribution >= 4 is 29.2 Å². The van der Waals surface area contributed by atoms with Gasteiger partial charge in [-0.2, -0.15) is 0 Å². The summed E-state index contributed by atoms with van der Waals surface area (Å²) in [5.41, 5.74) is 5.57. The van der Waals surface area contributed by atoms with Crippen LogP contribution in [0.25, 0.3) is 0 Å². The lowest BCUT2D eigenvalue weighted by Crippen LogP contribution is -2.18. The molecule has 92 valence electrons. The molecule has 0 radical (unpaired) electrons. The number of amides is 2. The van der Waals surface area contributed by atoms with Gasteiger partial charge in [0.15, 0.2) is 5.82 Å². The third-order valence-corrected chi connectivity index (χ3v) is 2.48. The smallest absolute Gasteiger partial charge is 0.269 e. The summed E-state index contributed by atoms with van der Waals surface area (Å²) in [5.74, 6) is -0.998. The van der Waals surface area contributed by atoms with Crippen LogP contribution in [0, 0.1) is 0 Å². The van der Waals surface area contributed by atoms with Crippen molar-refractivity contribution in [2.75, 3.05) is 5.32 Å². The van der Waals surface area contributed by atoms with Crippen LogP contribution in [-0.4, -0.2) is 21.8 Å². The molecule has 1 aromatic carbocycles. The molecule has 0 bridgehead atoms. The average Bonchev–Trinajstić information content (AvgIpc) is 2.78. The molecule has 2 aromatic rings. The topological polar surface area (TPSA) is 101 Å². The molecule has 2 rings (SSSR count). The van der Waals surface area contributed by atoms with Crippen molar-refractivity contribution in [2.45, 2.75) is 0 Å². The summed E-state index contributed by atoms with van der Waals surface area (Å²) in [6, 6.07) is 6.31. The zero-order chi connectivity index (χ0) is 13.1. The highest BCUT2D eigenvalue weighted by Gasteiger charge is 2.14. The normalized spacial score (nSPS) is 10.1. The van der Waals surface area contributed by atoms with Crippen molar-refractivity contribution in [3.05, 3.63) is 46.9 Å². The Morgan fingerprint density at radius 1 is 1.28 bits per heavy atom. The number of nitrogens with two attached hydrogens (primary N) is 1. The molecule has 0 saturated carbocycles. The van der Waals surface area contributed by atoms with Gasteiger partial charge < -0.3 is 16.0 Å². The zero-order valence-corrected chi connectivity index (χ0v) is 9.86. The molecule has 0 fully saturated rings. The van der Waals surface area contributed by atoms with E-state index in [0.29, 0.717) is 10.6 Å². The Kier molecular flexibility index (Phi) is 3.29. The number of aromatic amines is 1. The molecule has 0 aliphatic heterocycles. The summed E-state index contributed by atoms with van der Waals surface area (Å²) < 4.78 is 0. The molecule has 1 heterocycles. The van der Waals surface area contributed by atoms with E-state index in [9.17, 15) is 9.59 Å². The van der Waals surface area contributed by atoms with Crippen molar-refractivity contribution in [3.8, 4) is 0 Å². The predicted molar refractivity (Wildman–Crippen MR) is 66.5 cm³/mol. The summed E-state index contributed by atoms with van der Waals surface area (Å²) in [6.45, 7) is 0. The number of carbonyl (C=O) groups excluding carboxylic acids is 2. The number of primary amides is 1. The molecule has 0 aliphatic carbocycles. The molecule has 0 atom stereocenters. The number of nitrogens with zero attached hydrogens (tertiary/aromatic N) is 1. The minimum Gasteiger partial charge on any atom is -0.364 e. The van der Waals surface area contributed by atoms with Gasteiger partial charge in [-0.05, 0) is 24.3 Å². The molecular weight excluding hydrogens is 256 g/mol. The zero-order valence-electron chi connectivity index (χ0n) is 9.11. The van der Waals surface area contributed by atoms with Crippen LogP contribution in [0.3, 0.4) is 0 Å². The second-order valence-corrected chi connectivity index (χ2v) is 3.89. The van der Waals surface area contributed by atoms with E-state index in [1.807, 2.05) is 0 Å². The maximum Gasteiger partial charge on any atom is 0.269 e. The van der Waals surface area contributed by atoms with Gasteiger partial charge in [-0.25, -0.2) is 4.98 Å². The summed E-state index contributed by atoms with van der Waals surface area (Å²) in [6.07, 6.45) is 1.28. The monoisotopic (exact) mass is 264 g/mol. The van der Waals surface area contributed by atoms with Gasteiger partial charge in [-0.1, -0.05) is 11.6 Å². The first-order valence-corrected chi connectivity index (χ1v) is 5.36. The lowest BCUT2D eigenvalue weighted by molar-refractivity contribution is 0.0997. The van der Waals surface area contributed by atoms with E-state index < -0.39 is 11.8 Å². The van der Waals surface area contributed by atoms with E-state index in [0.717, 1.165) is 0 Å². The quantitative estimate of drug-likeness (QED) is 0.781. The number of carbonyl (C=O) groups is 2. The second kappa shape index (κ2) is 4.89. The number of anilines is 1. The standard InChI is InChI=1S/C11H9ClN4O2/c12-7-3-1-6(2-4-7)11(18)16-10-8(9(13)17)14-5-15-10/h1-5H,(H2,13,17)(H,14,15)(H,16,18). The van der Waals surface area contributed by atoms with E-state index in [2.05, 4.69) is 15.3 Å². The lowest BCUT2D eigenvalue weighted by Gasteiger charge is -2.03. The van der Waals surface area contributed by atoms with E-state index >= 15 is 0 Å². The van der Waals surface area contributed by atoms with Gasteiger partial charge in [0.05, 0.1) is 6.33 Å². The Hall–Kier alpha value is -2.34. The lowest BCUT2D eigenvalue weighted by atomic mass is 10.2. The second-order valence-electron chi connectivity index (χ2n) is 3.45. The van der Waals surface area contributed by atoms with Crippen LogP contribution in [0.5, 0.6) is 0 Å². The van der Waals surface area contributed by atoms with Gasteiger partial charge in [-0.15, -0.1) is 0 Å². The van der Waals surface area contributed by atoms with Crippen molar-refractivity contribution in [1.82, 2.24) is 9.97 Å². The molecule has 1 aromatic heterocycles. The van der Waals surface area contributed by atoms with Crippen LogP contribution >= 0.6 is 11.6 Å². The van der Waals surface area contributed by atoms with Gasteiger partial charge >= 0.3 is 0 Å². The number of nitrogens with one attached hydrogen (secondary N) is 2. The fourth-order valence-electron chi connectivity index (χ4n) is 1.36. The van der Waals surface area contributed by atoms with E-state index in [1.165, 1.54) is 6.33 Å². The number of H-pyrrole nitrogens is 1. The van der Waals surface area contributed by atoms with Crippen LogP contribution < -0.4 is 11.1 Å². The molecule has 0 unspecified atom stereocenters. The van der Waals surface area contributed by atoms with Crippen molar-refractivity contribution in [3.63, 3.8) is 0 Å². The molecular formula is C11H9ClN4O2. The molecule has 0 saturated heterocycles. The third-order valence-electron chi connectivity index (χ3n) is 2.22. The number of hydrogen-bond acceptors (Lipinski definition) is 3. The molecule has 0 spiro atoms. The maximum atomic E-state index is 11.8. The molecule has 0 aliphatic rings. The summed E-state index contributed by atoms with van der Waals surface area (Å²) >= 11 is 5.72. The minimum atomic E-state index is -0.695. The first-order chi connectivity index (χ1) is 8.58. The van der Waals surface area contributed by atoms with Gasteiger partial charge in [-0.3, -0.25) is 9.59 Å². The van der Waals surface area contributed by atoms with Gasteiger partial charge in [0, 0.05) is 10.6 Å². The Balaban J connectivity index is 2.19. The number of hydrogen-bond donors (Lipinski definition) is 3. The highest BCUT2D eigenvalue weighted by atomic mass is 35.5. The van der Waals surface area contributed by atoms with E-state index in [-0.39, 0.29) is 11.5 Å². The first-order valence-electron chi connectivity index (χ1n) is 4.98. The van der Waals surface area contributed by atoms with Crippen LogP contribution in [0.1, 0.15) is 20.8 Å². The summed E-state index contributed by atoms with van der Waals surface area (Å²) in [5, 5.41) is 3.01. The minimum absolute atomic E-state index is 0.0531. The molecule has 2 amide bonds. The number of aromatic nitrogens is 2. The van der Waals surface area contributed by atoms with E-state index in [1.54, 1.807) is 24.3 Å². The number of imidazole rings is 1. The highest BCUT2D eigenvalue weighted by molar-refractivity contribution is 6.30. The van der Waals surface area contributed by atoms with Crippen molar-refractivity contribution < 1.29 is 9.59 Å². The Labute approximate surface area is 107 Å². The highest BCUT2D eigenvalue weighted by Crippen LogP contribution is 2.13. The van der Waals surface area contributed by atoms with Crippen LogP contribution in [0.4, 0.5) is 5.82 Å². The maximum absolute atomic E-state index is 11.8. The fourth-order valence-corrected chi connectivity index (χ4v) is 1.48. The third kappa shape index (κ3) is 2.49.